The maximum atomic E-state index is 12.0. The number of methoxy groups -OCH3 is 1. The van der Waals surface area contributed by atoms with Crippen LogP contribution in [-0.4, -0.2) is 24.0 Å². The Labute approximate surface area is 109 Å². The van der Waals surface area contributed by atoms with Gasteiger partial charge in [-0.1, -0.05) is 6.07 Å². The third kappa shape index (κ3) is 1.95. The van der Waals surface area contributed by atoms with E-state index in [9.17, 15) is 4.79 Å². The molecular formula is C13H14N2O2S. The van der Waals surface area contributed by atoms with Crippen molar-refractivity contribution < 1.29 is 9.53 Å². The van der Waals surface area contributed by atoms with E-state index in [0.29, 0.717) is 11.0 Å². The van der Waals surface area contributed by atoms with Crippen molar-refractivity contribution in [3.8, 4) is 5.75 Å². The van der Waals surface area contributed by atoms with Gasteiger partial charge in [0.15, 0.2) is 5.01 Å². The Morgan fingerprint density at radius 2 is 2.28 bits per heavy atom. The molecule has 3 rings (SSSR count). The number of aryl methyl sites for hydroxylation is 1. The number of fused-ring (bicyclic) bond motifs is 1. The summed E-state index contributed by atoms with van der Waals surface area (Å²) in [5.74, 6) is 0.650. The Morgan fingerprint density at radius 3 is 2.94 bits per heavy atom. The van der Waals surface area contributed by atoms with Crippen LogP contribution in [0.15, 0.2) is 12.1 Å². The molecule has 1 fully saturated rings. The summed E-state index contributed by atoms with van der Waals surface area (Å²) in [6.07, 6.45) is 2.16. The van der Waals surface area contributed by atoms with Gasteiger partial charge in [0, 0.05) is 6.04 Å². The highest BCUT2D eigenvalue weighted by Crippen LogP contribution is 2.32. The van der Waals surface area contributed by atoms with Crippen molar-refractivity contribution in [2.75, 3.05) is 7.11 Å². The summed E-state index contributed by atoms with van der Waals surface area (Å²) in [5, 5.41) is 3.47. The van der Waals surface area contributed by atoms with E-state index in [-0.39, 0.29) is 5.91 Å². The van der Waals surface area contributed by atoms with Crippen molar-refractivity contribution >= 4 is 27.5 Å². The van der Waals surface area contributed by atoms with Crippen LogP contribution in [0.25, 0.3) is 10.2 Å². The van der Waals surface area contributed by atoms with Gasteiger partial charge >= 0.3 is 0 Å². The Kier molecular flexibility index (Phi) is 2.70. The third-order valence-corrected chi connectivity index (χ3v) is 4.22. The van der Waals surface area contributed by atoms with Crippen LogP contribution in [0.3, 0.4) is 0 Å². The van der Waals surface area contributed by atoms with Crippen molar-refractivity contribution in [1.82, 2.24) is 10.3 Å². The van der Waals surface area contributed by atoms with Gasteiger partial charge in [-0.3, -0.25) is 4.79 Å². The summed E-state index contributed by atoms with van der Waals surface area (Å²) >= 11 is 1.43. The zero-order chi connectivity index (χ0) is 12.7. The van der Waals surface area contributed by atoms with Gasteiger partial charge < -0.3 is 10.1 Å². The minimum Gasteiger partial charge on any atom is -0.494 e. The number of ether oxygens (including phenoxy) is 1. The lowest BCUT2D eigenvalue weighted by molar-refractivity contribution is 0.0951. The van der Waals surface area contributed by atoms with E-state index < -0.39 is 0 Å². The average molecular weight is 262 g/mol. The first-order valence-corrected chi connectivity index (χ1v) is 6.75. The second kappa shape index (κ2) is 4.24. The average Bonchev–Trinajstić information content (AvgIpc) is 3.05. The first kappa shape index (κ1) is 11.5. The number of nitrogens with zero attached hydrogens (tertiary/aromatic N) is 1. The zero-order valence-electron chi connectivity index (χ0n) is 10.3. The molecule has 1 amide bonds. The molecule has 1 aliphatic carbocycles. The Hall–Kier alpha value is -1.62. The molecular weight excluding hydrogens is 248 g/mol. The molecule has 1 aromatic heterocycles. The second-order valence-electron chi connectivity index (χ2n) is 4.53. The predicted octanol–water partition coefficient (Wildman–Crippen LogP) is 2.51. The Morgan fingerprint density at radius 1 is 1.50 bits per heavy atom. The molecule has 0 atom stereocenters. The third-order valence-electron chi connectivity index (χ3n) is 3.03. The first-order valence-electron chi connectivity index (χ1n) is 5.94. The summed E-state index contributed by atoms with van der Waals surface area (Å²) in [4.78, 5) is 16.4. The molecule has 0 spiro atoms. The lowest BCUT2D eigenvalue weighted by Gasteiger charge is -2.01. The maximum absolute atomic E-state index is 12.0. The number of aromatic nitrogens is 1. The molecule has 0 aliphatic heterocycles. The smallest absolute Gasteiger partial charge is 0.280 e. The van der Waals surface area contributed by atoms with Gasteiger partial charge in [-0.2, -0.15) is 0 Å². The number of nitrogens with one attached hydrogen (secondary N) is 1. The van der Waals surface area contributed by atoms with Crippen molar-refractivity contribution in [2.45, 2.75) is 25.8 Å². The van der Waals surface area contributed by atoms with Gasteiger partial charge in [0.05, 0.1) is 11.8 Å². The Bertz CT molecular complexity index is 617. The van der Waals surface area contributed by atoms with E-state index in [0.717, 1.165) is 34.4 Å². The number of benzene rings is 1. The van der Waals surface area contributed by atoms with E-state index in [1.54, 1.807) is 7.11 Å². The minimum absolute atomic E-state index is 0.0693. The number of carbonyl (C=O) groups is 1. The number of thiazole rings is 1. The summed E-state index contributed by atoms with van der Waals surface area (Å²) < 4.78 is 6.30. The fourth-order valence-corrected chi connectivity index (χ4v) is 2.80. The maximum Gasteiger partial charge on any atom is 0.280 e. The van der Waals surface area contributed by atoms with Crippen LogP contribution in [0.4, 0.5) is 0 Å². The molecule has 0 radical (unpaired) electrons. The van der Waals surface area contributed by atoms with Gasteiger partial charge in [0.2, 0.25) is 0 Å². The van der Waals surface area contributed by atoms with E-state index in [2.05, 4.69) is 10.3 Å². The number of hydrogen-bond donors (Lipinski definition) is 1. The molecule has 1 N–H and O–H groups in total. The molecule has 18 heavy (non-hydrogen) atoms. The Balaban J connectivity index is 2.03. The van der Waals surface area contributed by atoms with E-state index in [1.807, 2.05) is 19.1 Å². The number of rotatable bonds is 3. The van der Waals surface area contributed by atoms with Crippen LogP contribution in [0.1, 0.15) is 28.2 Å². The first-order chi connectivity index (χ1) is 8.69. The number of carbonyl (C=O) groups excluding carboxylic acids is 1. The molecule has 0 unspecified atom stereocenters. The molecule has 1 aromatic carbocycles. The standard InChI is InChI=1S/C13H14N2O2S/c1-7-3-6-9(17-2)10-11(7)18-13(15-10)12(16)14-8-4-5-8/h3,6,8H,4-5H2,1-2H3,(H,14,16). The van der Waals surface area contributed by atoms with Crippen molar-refractivity contribution in [1.29, 1.82) is 0 Å². The quantitative estimate of drug-likeness (QED) is 0.924. The predicted molar refractivity (Wildman–Crippen MR) is 71.4 cm³/mol. The molecule has 0 saturated heterocycles. The molecule has 5 heteroatoms. The summed E-state index contributed by atoms with van der Waals surface area (Å²) in [6, 6.07) is 4.23. The van der Waals surface area contributed by atoms with E-state index >= 15 is 0 Å². The molecule has 0 bridgehead atoms. The van der Waals surface area contributed by atoms with Crippen molar-refractivity contribution in [3.05, 3.63) is 22.7 Å². The van der Waals surface area contributed by atoms with Crippen LogP contribution in [0.5, 0.6) is 5.75 Å². The lowest BCUT2D eigenvalue weighted by atomic mass is 10.2. The normalized spacial score (nSPS) is 14.8. The fourth-order valence-electron chi connectivity index (χ4n) is 1.85. The zero-order valence-corrected chi connectivity index (χ0v) is 11.1. The largest absolute Gasteiger partial charge is 0.494 e. The number of hydrogen-bond acceptors (Lipinski definition) is 4. The van der Waals surface area contributed by atoms with Crippen LogP contribution in [-0.2, 0) is 0 Å². The highest BCUT2D eigenvalue weighted by Gasteiger charge is 2.25. The summed E-state index contributed by atoms with van der Waals surface area (Å²) in [6.45, 7) is 2.02. The van der Waals surface area contributed by atoms with Crippen LogP contribution in [0, 0.1) is 6.92 Å². The molecule has 1 aliphatic rings. The molecule has 1 heterocycles. The van der Waals surface area contributed by atoms with Gasteiger partial charge in [0.1, 0.15) is 11.3 Å². The van der Waals surface area contributed by atoms with Gasteiger partial charge in [0.25, 0.3) is 5.91 Å². The lowest BCUT2D eigenvalue weighted by Crippen LogP contribution is -2.25. The number of amides is 1. The second-order valence-corrected chi connectivity index (χ2v) is 5.53. The van der Waals surface area contributed by atoms with Gasteiger partial charge in [-0.15, -0.1) is 11.3 Å². The van der Waals surface area contributed by atoms with Gasteiger partial charge in [-0.05, 0) is 31.4 Å². The van der Waals surface area contributed by atoms with Crippen LogP contribution < -0.4 is 10.1 Å². The van der Waals surface area contributed by atoms with E-state index in [1.165, 1.54) is 11.3 Å². The van der Waals surface area contributed by atoms with Gasteiger partial charge in [-0.25, -0.2) is 4.98 Å². The highest BCUT2D eigenvalue weighted by atomic mass is 32.1. The summed E-state index contributed by atoms with van der Waals surface area (Å²) in [7, 11) is 1.62. The topological polar surface area (TPSA) is 51.2 Å². The molecule has 94 valence electrons. The minimum atomic E-state index is -0.0693. The SMILES string of the molecule is COc1ccc(C)c2sc(C(=O)NC3CC3)nc12. The van der Waals surface area contributed by atoms with Crippen molar-refractivity contribution in [2.24, 2.45) is 0 Å². The van der Waals surface area contributed by atoms with Crippen LogP contribution >= 0.6 is 11.3 Å². The highest BCUT2D eigenvalue weighted by molar-refractivity contribution is 7.20. The molecule has 1 saturated carbocycles. The van der Waals surface area contributed by atoms with Crippen LogP contribution in [0.2, 0.25) is 0 Å². The van der Waals surface area contributed by atoms with Crippen molar-refractivity contribution in [3.63, 3.8) is 0 Å². The monoisotopic (exact) mass is 262 g/mol. The fraction of sp³-hybridized carbons (Fsp3) is 0.385. The molecule has 4 nitrogen and oxygen atoms in total. The molecule has 2 aromatic rings. The summed E-state index contributed by atoms with van der Waals surface area (Å²) in [5.41, 5.74) is 1.90. The van der Waals surface area contributed by atoms with E-state index in [4.69, 9.17) is 4.74 Å².